The number of carbonyl (C=O) groups is 2. The molecule has 0 aromatic heterocycles. The molecule has 2 aliphatic rings. The van der Waals surface area contributed by atoms with Crippen LogP contribution in [0, 0.1) is 0 Å². The highest BCUT2D eigenvalue weighted by Crippen LogP contribution is 2.40. The number of alkyl halides is 3. The Morgan fingerprint density at radius 3 is 2.80 bits per heavy atom. The molecule has 0 radical (unpaired) electrons. The molecule has 2 aliphatic heterocycles. The first kappa shape index (κ1) is 24.8. The lowest BCUT2D eigenvalue weighted by molar-refractivity contribution is -0.137. The Kier molecular flexibility index (Phi) is 7.16. The van der Waals surface area contributed by atoms with Crippen molar-refractivity contribution in [2.75, 3.05) is 28.6 Å². The summed E-state index contributed by atoms with van der Waals surface area (Å²) in [5, 5.41) is 15.9. The minimum absolute atomic E-state index is 0.177. The maximum atomic E-state index is 13.4. The van der Waals surface area contributed by atoms with Crippen molar-refractivity contribution in [3.8, 4) is 0 Å². The minimum atomic E-state index is -4.54. The summed E-state index contributed by atoms with van der Waals surface area (Å²) in [4.78, 5) is 27.0. The third kappa shape index (κ3) is 5.51. The number of anilines is 3. The highest BCUT2D eigenvalue weighted by molar-refractivity contribution is 6.07. The number of fused-ring (bicyclic) bond motifs is 2. The summed E-state index contributed by atoms with van der Waals surface area (Å²) in [5.41, 5.74) is 2.54. The number of aliphatic hydroxyl groups is 1. The Morgan fingerprint density at radius 1 is 1.26 bits per heavy atom. The molecule has 1 atom stereocenters. The first-order valence-corrected chi connectivity index (χ1v) is 11.7. The van der Waals surface area contributed by atoms with E-state index in [9.17, 15) is 27.9 Å². The van der Waals surface area contributed by atoms with Crippen LogP contribution in [0.2, 0.25) is 0 Å². The van der Waals surface area contributed by atoms with Crippen LogP contribution in [0.3, 0.4) is 0 Å². The lowest BCUT2D eigenvalue weighted by atomic mass is 9.93. The highest BCUT2D eigenvalue weighted by atomic mass is 19.4. The van der Waals surface area contributed by atoms with Crippen molar-refractivity contribution in [2.45, 2.75) is 51.3 Å². The lowest BCUT2D eigenvalue weighted by Gasteiger charge is -2.32. The van der Waals surface area contributed by atoms with Gasteiger partial charge in [0.1, 0.15) is 0 Å². The van der Waals surface area contributed by atoms with Crippen molar-refractivity contribution in [2.24, 2.45) is 0 Å². The molecule has 0 bridgehead atoms. The van der Waals surface area contributed by atoms with E-state index in [4.69, 9.17) is 0 Å². The number of halogens is 3. The van der Waals surface area contributed by atoms with Gasteiger partial charge in [-0.2, -0.15) is 13.2 Å². The fourth-order valence-electron chi connectivity index (χ4n) is 4.51. The Labute approximate surface area is 201 Å². The molecule has 0 saturated carbocycles. The molecule has 0 aliphatic carbocycles. The number of β-amino-alcohol motifs (C(OH)–C–C–N with tert-alkyl or cyclic N) is 1. The van der Waals surface area contributed by atoms with Gasteiger partial charge >= 0.3 is 6.18 Å². The quantitative estimate of drug-likeness (QED) is 0.520. The van der Waals surface area contributed by atoms with Crippen LogP contribution in [0.25, 0.3) is 5.57 Å². The highest BCUT2D eigenvalue weighted by Gasteiger charge is 2.34. The van der Waals surface area contributed by atoms with Gasteiger partial charge in [-0.15, -0.1) is 0 Å². The normalized spacial score (nSPS) is 18.5. The van der Waals surface area contributed by atoms with Crippen LogP contribution in [0.1, 0.15) is 49.3 Å². The average Bonchev–Trinajstić information content (AvgIpc) is 2.82. The smallest absolute Gasteiger partial charge is 0.391 e. The van der Waals surface area contributed by atoms with Gasteiger partial charge in [0.15, 0.2) is 0 Å². The molecule has 4 rings (SSSR count). The summed E-state index contributed by atoms with van der Waals surface area (Å²) in [7, 11) is 0. The lowest BCUT2D eigenvalue weighted by Crippen LogP contribution is -2.35. The second kappa shape index (κ2) is 10.1. The molecule has 1 unspecified atom stereocenters. The van der Waals surface area contributed by atoms with E-state index in [0.717, 1.165) is 29.8 Å². The van der Waals surface area contributed by atoms with Crippen molar-refractivity contribution in [3.05, 3.63) is 59.2 Å². The Balaban J connectivity index is 1.64. The van der Waals surface area contributed by atoms with Crippen LogP contribution in [-0.2, 0) is 22.2 Å². The summed E-state index contributed by atoms with van der Waals surface area (Å²) >= 11 is 0. The Morgan fingerprint density at radius 2 is 2.06 bits per heavy atom. The molecule has 6 nitrogen and oxygen atoms in total. The molecular weight excluding hydrogens is 459 g/mol. The zero-order valence-electron chi connectivity index (χ0n) is 19.4. The van der Waals surface area contributed by atoms with E-state index in [1.807, 2.05) is 13.0 Å². The molecule has 2 amide bonds. The van der Waals surface area contributed by atoms with Crippen LogP contribution in [0.4, 0.5) is 30.2 Å². The van der Waals surface area contributed by atoms with Crippen LogP contribution >= 0.6 is 0 Å². The summed E-state index contributed by atoms with van der Waals surface area (Å²) in [6, 6.07) is 8.71. The van der Waals surface area contributed by atoms with Gasteiger partial charge in [-0.05, 0) is 42.7 Å². The molecule has 2 heterocycles. The van der Waals surface area contributed by atoms with Gasteiger partial charge < -0.3 is 20.6 Å². The third-order valence-corrected chi connectivity index (χ3v) is 6.32. The van der Waals surface area contributed by atoms with Gasteiger partial charge in [0.25, 0.3) is 0 Å². The number of benzene rings is 2. The number of amides is 2. The molecule has 2 aromatic rings. The van der Waals surface area contributed by atoms with Crippen LogP contribution < -0.4 is 15.5 Å². The SMILES string of the molecule is CCCCC(=O)N1CCC(=CC(=O)Nc2cccc3c2CC(O)CN3)c2ccc(C(F)(F)F)cc21. The molecule has 9 heteroatoms. The van der Waals surface area contributed by atoms with E-state index in [1.165, 1.54) is 17.0 Å². The molecule has 186 valence electrons. The molecule has 3 N–H and O–H groups in total. The van der Waals surface area contributed by atoms with Crippen molar-refractivity contribution >= 4 is 34.4 Å². The molecular formula is C26H28F3N3O3. The Bertz CT molecular complexity index is 1160. The monoisotopic (exact) mass is 487 g/mol. The number of rotatable bonds is 5. The zero-order valence-corrected chi connectivity index (χ0v) is 19.4. The maximum absolute atomic E-state index is 13.4. The molecule has 35 heavy (non-hydrogen) atoms. The van der Waals surface area contributed by atoms with Crippen molar-refractivity contribution in [3.63, 3.8) is 0 Å². The van der Waals surface area contributed by atoms with E-state index in [-0.39, 0.29) is 24.6 Å². The largest absolute Gasteiger partial charge is 0.416 e. The van der Waals surface area contributed by atoms with E-state index in [0.29, 0.717) is 42.6 Å². The number of hydrogen-bond acceptors (Lipinski definition) is 4. The zero-order chi connectivity index (χ0) is 25.2. The number of nitrogens with zero attached hydrogens (tertiary/aromatic N) is 1. The Hall–Kier alpha value is -3.33. The van der Waals surface area contributed by atoms with Gasteiger partial charge in [-0.3, -0.25) is 9.59 Å². The van der Waals surface area contributed by atoms with Crippen molar-refractivity contribution in [1.29, 1.82) is 0 Å². The fourth-order valence-corrected chi connectivity index (χ4v) is 4.51. The molecule has 0 fully saturated rings. The van der Waals surface area contributed by atoms with Crippen LogP contribution in [-0.4, -0.2) is 36.1 Å². The molecule has 2 aromatic carbocycles. The van der Waals surface area contributed by atoms with E-state index >= 15 is 0 Å². The second-order valence-corrected chi connectivity index (χ2v) is 8.86. The van der Waals surface area contributed by atoms with Crippen molar-refractivity contribution < 1.29 is 27.9 Å². The van der Waals surface area contributed by atoms with Gasteiger partial charge in [0.05, 0.1) is 17.4 Å². The standard InChI is InChI=1S/C26H28F3N3O3/c1-2-3-7-25(35)32-11-10-16(19-9-8-17(13-23(19)32)26(27,28)29)12-24(34)31-22-6-4-5-21-20(22)14-18(33)15-30-21/h4-6,8-9,12-13,18,30,33H,2-3,7,10-11,14-15H2,1H3,(H,31,34). The predicted molar refractivity (Wildman–Crippen MR) is 129 cm³/mol. The second-order valence-electron chi connectivity index (χ2n) is 8.86. The number of hydrogen-bond donors (Lipinski definition) is 3. The number of nitrogens with one attached hydrogen (secondary N) is 2. The predicted octanol–water partition coefficient (Wildman–Crippen LogP) is 4.98. The number of unbranched alkanes of at least 4 members (excludes halogenated alkanes) is 1. The van der Waals surface area contributed by atoms with E-state index < -0.39 is 23.8 Å². The topological polar surface area (TPSA) is 81.7 Å². The summed E-state index contributed by atoms with van der Waals surface area (Å²) in [6.07, 6.45) is -1.28. The van der Waals surface area contributed by atoms with E-state index in [1.54, 1.807) is 12.1 Å². The van der Waals surface area contributed by atoms with Crippen LogP contribution in [0.15, 0.2) is 42.5 Å². The van der Waals surface area contributed by atoms with Gasteiger partial charge in [0, 0.05) is 54.5 Å². The van der Waals surface area contributed by atoms with Gasteiger partial charge in [-0.1, -0.05) is 25.5 Å². The molecule has 0 saturated heterocycles. The minimum Gasteiger partial charge on any atom is -0.391 e. The third-order valence-electron chi connectivity index (χ3n) is 6.32. The maximum Gasteiger partial charge on any atom is 0.416 e. The van der Waals surface area contributed by atoms with Gasteiger partial charge in [-0.25, -0.2) is 0 Å². The number of carbonyl (C=O) groups excluding carboxylic acids is 2. The molecule has 0 spiro atoms. The summed E-state index contributed by atoms with van der Waals surface area (Å²) < 4.78 is 40.2. The first-order valence-electron chi connectivity index (χ1n) is 11.7. The van der Waals surface area contributed by atoms with Crippen LogP contribution in [0.5, 0.6) is 0 Å². The first-order chi connectivity index (χ1) is 16.7. The number of aliphatic hydroxyl groups excluding tert-OH is 1. The average molecular weight is 488 g/mol. The summed E-state index contributed by atoms with van der Waals surface area (Å²) in [5.74, 6) is -0.650. The summed E-state index contributed by atoms with van der Waals surface area (Å²) in [6.45, 7) is 2.57. The van der Waals surface area contributed by atoms with Crippen molar-refractivity contribution in [1.82, 2.24) is 0 Å². The fraction of sp³-hybridized carbons (Fsp3) is 0.385. The van der Waals surface area contributed by atoms with E-state index in [2.05, 4.69) is 10.6 Å². The van der Waals surface area contributed by atoms with Gasteiger partial charge in [0.2, 0.25) is 11.8 Å².